The summed E-state index contributed by atoms with van der Waals surface area (Å²) in [6.07, 6.45) is 4.65. The highest BCUT2D eigenvalue weighted by molar-refractivity contribution is 5.92. The second-order valence-electron chi connectivity index (χ2n) is 5.61. The molecule has 0 fully saturated rings. The van der Waals surface area contributed by atoms with Crippen LogP contribution in [0.3, 0.4) is 0 Å². The molecule has 2 aromatic heterocycles. The van der Waals surface area contributed by atoms with Crippen molar-refractivity contribution in [3.63, 3.8) is 0 Å². The lowest BCUT2D eigenvalue weighted by atomic mass is 9.91. The van der Waals surface area contributed by atoms with E-state index in [1.807, 2.05) is 32.4 Å². The molecule has 0 aromatic carbocycles. The van der Waals surface area contributed by atoms with E-state index >= 15 is 0 Å². The molecule has 2 N–H and O–H groups in total. The minimum atomic E-state index is -0.167. The van der Waals surface area contributed by atoms with Gasteiger partial charge in [0.15, 0.2) is 0 Å². The predicted octanol–water partition coefficient (Wildman–Crippen LogP) is 2.90. The lowest BCUT2D eigenvalue weighted by molar-refractivity contribution is 0.0958. The molecule has 2 aromatic rings. The van der Waals surface area contributed by atoms with E-state index in [1.165, 1.54) is 5.56 Å². The number of aromatic nitrogens is 2. The number of anilines is 1. The van der Waals surface area contributed by atoms with Gasteiger partial charge in [-0.25, -0.2) is 4.98 Å². The summed E-state index contributed by atoms with van der Waals surface area (Å²) in [5, 5.41) is 5.83. The summed E-state index contributed by atoms with van der Waals surface area (Å²) in [6, 6.07) is 3.83. The smallest absolute Gasteiger partial charge is 0.269 e. The summed E-state index contributed by atoms with van der Waals surface area (Å²) in [5.41, 5.74) is 5.77. The van der Waals surface area contributed by atoms with Crippen LogP contribution < -0.4 is 10.6 Å². The Kier molecular flexibility index (Phi) is 5.32. The molecule has 122 valence electrons. The van der Waals surface area contributed by atoms with Crippen molar-refractivity contribution in [2.45, 2.75) is 33.1 Å². The second kappa shape index (κ2) is 7.22. The van der Waals surface area contributed by atoms with Crippen molar-refractivity contribution in [3.05, 3.63) is 52.6 Å². The number of nitrogens with one attached hydrogen (secondary N) is 2. The van der Waals surface area contributed by atoms with E-state index in [1.54, 1.807) is 13.1 Å². The number of aryl methyl sites for hydroxylation is 1. The monoisotopic (exact) mass is 312 g/mol. The largest absolute Gasteiger partial charge is 0.387 e. The maximum absolute atomic E-state index is 11.9. The van der Waals surface area contributed by atoms with Crippen molar-refractivity contribution in [3.8, 4) is 0 Å². The third-order valence-corrected chi connectivity index (χ3v) is 4.07. The van der Waals surface area contributed by atoms with Crippen LogP contribution in [-0.4, -0.2) is 30.0 Å². The predicted molar refractivity (Wildman–Crippen MR) is 93.0 cm³/mol. The summed E-state index contributed by atoms with van der Waals surface area (Å²) in [7, 11) is 3.52. The van der Waals surface area contributed by atoms with Gasteiger partial charge in [0.2, 0.25) is 0 Å². The van der Waals surface area contributed by atoms with Crippen molar-refractivity contribution in [1.29, 1.82) is 0 Å². The minimum Gasteiger partial charge on any atom is -0.387 e. The molecule has 0 radical (unpaired) electrons. The number of hydrogen-bond acceptors (Lipinski definition) is 4. The molecule has 5 nitrogen and oxygen atoms in total. The van der Waals surface area contributed by atoms with Crippen LogP contribution in [0, 0.1) is 6.92 Å². The van der Waals surface area contributed by atoms with Gasteiger partial charge >= 0.3 is 0 Å². The maximum Gasteiger partial charge on any atom is 0.269 e. The van der Waals surface area contributed by atoms with Crippen LogP contribution in [0.1, 0.15) is 52.6 Å². The molecule has 2 rings (SSSR count). The normalized spacial score (nSPS) is 11.9. The molecule has 1 atom stereocenters. The summed E-state index contributed by atoms with van der Waals surface area (Å²) >= 11 is 0. The lowest BCUT2D eigenvalue weighted by Crippen LogP contribution is -2.20. The Hall–Kier alpha value is -2.43. The quantitative estimate of drug-likeness (QED) is 0.891. The molecule has 1 unspecified atom stereocenters. The Bertz CT molecular complexity index is 712. The number of hydrogen-bond donors (Lipinski definition) is 2. The Morgan fingerprint density at radius 3 is 2.61 bits per heavy atom. The molecule has 0 aliphatic heterocycles. The number of carbonyl (C=O) groups is 1. The molecule has 0 aliphatic rings. The highest BCUT2D eigenvalue weighted by Gasteiger charge is 2.18. The molecule has 0 aliphatic carbocycles. The van der Waals surface area contributed by atoms with Gasteiger partial charge in [-0.1, -0.05) is 13.8 Å². The summed E-state index contributed by atoms with van der Waals surface area (Å²) in [5.74, 6) is -0.103. The number of nitrogens with zero attached hydrogens (tertiary/aromatic N) is 2. The zero-order valence-corrected chi connectivity index (χ0v) is 14.4. The Labute approximate surface area is 137 Å². The van der Waals surface area contributed by atoms with Gasteiger partial charge in [0, 0.05) is 31.9 Å². The number of carbonyl (C=O) groups excluding carboxylic acids is 1. The van der Waals surface area contributed by atoms with Gasteiger partial charge in [-0.15, -0.1) is 0 Å². The standard InChI is InChI=1S/C18H24N4O/c1-6-13-14(9-21-10-17(13)19-4)12(3)15-7-11(2)8-16(22-15)18(23)20-5/h7-10,12,19H,6H2,1-5H3,(H,20,23). The van der Waals surface area contributed by atoms with Gasteiger partial charge in [-0.2, -0.15) is 0 Å². The molecule has 0 bridgehead atoms. The van der Waals surface area contributed by atoms with E-state index in [9.17, 15) is 4.79 Å². The summed E-state index contributed by atoms with van der Waals surface area (Å²) < 4.78 is 0. The van der Waals surface area contributed by atoms with E-state index in [-0.39, 0.29) is 11.8 Å². The van der Waals surface area contributed by atoms with Crippen LogP contribution in [0.4, 0.5) is 5.69 Å². The zero-order chi connectivity index (χ0) is 17.0. The highest BCUT2D eigenvalue weighted by atomic mass is 16.1. The van der Waals surface area contributed by atoms with Crippen LogP contribution in [0.2, 0.25) is 0 Å². The fourth-order valence-corrected chi connectivity index (χ4v) is 2.81. The van der Waals surface area contributed by atoms with Crippen LogP contribution in [0.5, 0.6) is 0 Å². The number of amides is 1. The van der Waals surface area contributed by atoms with E-state index in [0.29, 0.717) is 5.69 Å². The molecule has 5 heteroatoms. The Balaban J connectivity index is 2.51. The van der Waals surface area contributed by atoms with Gasteiger partial charge < -0.3 is 10.6 Å². The SMILES string of the molecule is CCc1c(NC)cncc1C(C)c1cc(C)cc(C(=O)NC)n1. The van der Waals surface area contributed by atoms with Gasteiger partial charge in [-0.3, -0.25) is 9.78 Å². The fraction of sp³-hybridized carbons (Fsp3) is 0.389. The molecular formula is C18H24N4O. The first-order chi connectivity index (χ1) is 11.0. The van der Waals surface area contributed by atoms with Crippen molar-refractivity contribution in [1.82, 2.24) is 15.3 Å². The van der Waals surface area contributed by atoms with E-state index in [0.717, 1.165) is 28.9 Å². The van der Waals surface area contributed by atoms with Gasteiger partial charge in [-0.05, 0) is 42.2 Å². The van der Waals surface area contributed by atoms with E-state index in [4.69, 9.17) is 0 Å². The molecule has 0 saturated heterocycles. The first-order valence-electron chi connectivity index (χ1n) is 7.87. The first-order valence-corrected chi connectivity index (χ1v) is 7.87. The molecule has 0 spiro atoms. The number of rotatable bonds is 5. The topological polar surface area (TPSA) is 66.9 Å². The van der Waals surface area contributed by atoms with Gasteiger partial charge in [0.05, 0.1) is 11.9 Å². The Morgan fingerprint density at radius 1 is 1.26 bits per heavy atom. The maximum atomic E-state index is 11.9. The van der Waals surface area contributed by atoms with Gasteiger partial charge in [0.25, 0.3) is 5.91 Å². The number of pyridine rings is 2. The molecule has 23 heavy (non-hydrogen) atoms. The van der Waals surface area contributed by atoms with E-state index < -0.39 is 0 Å². The third kappa shape index (κ3) is 3.50. The van der Waals surface area contributed by atoms with Crippen molar-refractivity contribution >= 4 is 11.6 Å². The van der Waals surface area contributed by atoms with Crippen LogP contribution in [0.15, 0.2) is 24.5 Å². The lowest BCUT2D eigenvalue weighted by Gasteiger charge is -2.19. The van der Waals surface area contributed by atoms with Crippen molar-refractivity contribution < 1.29 is 4.79 Å². The molecular weight excluding hydrogens is 288 g/mol. The molecule has 0 saturated carbocycles. The highest BCUT2D eigenvalue weighted by Crippen LogP contribution is 2.30. The summed E-state index contributed by atoms with van der Waals surface area (Å²) in [4.78, 5) is 20.8. The summed E-state index contributed by atoms with van der Waals surface area (Å²) in [6.45, 7) is 6.21. The molecule has 2 heterocycles. The average Bonchev–Trinajstić information content (AvgIpc) is 2.58. The van der Waals surface area contributed by atoms with Crippen LogP contribution >= 0.6 is 0 Å². The zero-order valence-electron chi connectivity index (χ0n) is 14.4. The third-order valence-electron chi connectivity index (χ3n) is 4.07. The van der Waals surface area contributed by atoms with E-state index in [2.05, 4.69) is 34.4 Å². The minimum absolute atomic E-state index is 0.0639. The first kappa shape index (κ1) is 16.9. The Morgan fingerprint density at radius 2 is 2.00 bits per heavy atom. The van der Waals surface area contributed by atoms with Crippen molar-refractivity contribution in [2.75, 3.05) is 19.4 Å². The second-order valence-corrected chi connectivity index (χ2v) is 5.61. The van der Waals surface area contributed by atoms with Gasteiger partial charge in [0.1, 0.15) is 5.69 Å². The van der Waals surface area contributed by atoms with Crippen LogP contribution in [-0.2, 0) is 6.42 Å². The average molecular weight is 312 g/mol. The fourth-order valence-electron chi connectivity index (χ4n) is 2.81. The van der Waals surface area contributed by atoms with Crippen molar-refractivity contribution in [2.24, 2.45) is 0 Å². The molecule has 1 amide bonds. The van der Waals surface area contributed by atoms with Crippen LogP contribution in [0.25, 0.3) is 0 Å².